The Bertz CT molecular complexity index is 450. The summed E-state index contributed by atoms with van der Waals surface area (Å²) in [5.41, 5.74) is 0. The summed E-state index contributed by atoms with van der Waals surface area (Å²) in [6.45, 7) is 9.55. The average Bonchev–Trinajstić information content (AvgIpc) is 3.17. The Labute approximate surface area is 140 Å². The zero-order valence-electron chi connectivity index (χ0n) is 15.0. The van der Waals surface area contributed by atoms with Crippen molar-refractivity contribution < 1.29 is 4.79 Å². The SMILES string of the molecule is CC(C)CNC(=NCC(=O)N(C)C)N1CCC(N2CC=CC2)C1. The minimum absolute atomic E-state index is 0.0355. The molecule has 0 aliphatic carbocycles. The molecule has 0 saturated carbocycles. The van der Waals surface area contributed by atoms with Crippen molar-refractivity contribution in [2.45, 2.75) is 26.3 Å². The van der Waals surface area contributed by atoms with Gasteiger partial charge in [0.15, 0.2) is 5.96 Å². The van der Waals surface area contributed by atoms with E-state index in [9.17, 15) is 4.79 Å². The molecule has 1 saturated heterocycles. The van der Waals surface area contributed by atoms with Crippen LogP contribution in [0.4, 0.5) is 0 Å². The van der Waals surface area contributed by atoms with Gasteiger partial charge in [0.2, 0.25) is 5.91 Å². The highest BCUT2D eigenvalue weighted by Crippen LogP contribution is 2.18. The van der Waals surface area contributed by atoms with Crippen LogP contribution in [-0.2, 0) is 4.79 Å². The fourth-order valence-corrected chi connectivity index (χ4v) is 2.87. The number of nitrogens with zero attached hydrogens (tertiary/aromatic N) is 4. The van der Waals surface area contributed by atoms with E-state index in [2.05, 4.69) is 46.1 Å². The van der Waals surface area contributed by atoms with Gasteiger partial charge in [0.05, 0.1) is 0 Å². The van der Waals surface area contributed by atoms with Crippen molar-refractivity contribution in [3.8, 4) is 0 Å². The Kier molecular flexibility index (Phi) is 6.45. The van der Waals surface area contributed by atoms with Crippen molar-refractivity contribution in [3.05, 3.63) is 12.2 Å². The molecule has 130 valence electrons. The summed E-state index contributed by atoms with van der Waals surface area (Å²) in [7, 11) is 3.54. The second-order valence-corrected chi connectivity index (χ2v) is 7.02. The maximum Gasteiger partial charge on any atom is 0.243 e. The van der Waals surface area contributed by atoms with Crippen molar-refractivity contribution in [2.24, 2.45) is 10.9 Å². The number of hydrogen-bond acceptors (Lipinski definition) is 3. The maximum absolute atomic E-state index is 11.8. The Morgan fingerprint density at radius 3 is 2.65 bits per heavy atom. The zero-order valence-corrected chi connectivity index (χ0v) is 15.0. The van der Waals surface area contributed by atoms with Crippen molar-refractivity contribution >= 4 is 11.9 Å². The van der Waals surface area contributed by atoms with E-state index < -0.39 is 0 Å². The minimum Gasteiger partial charge on any atom is -0.356 e. The number of nitrogens with one attached hydrogen (secondary N) is 1. The molecule has 2 rings (SSSR count). The third-order valence-electron chi connectivity index (χ3n) is 4.36. The quantitative estimate of drug-likeness (QED) is 0.458. The Balaban J connectivity index is 1.95. The van der Waals surface area contributed by atoms with Crippen LogP contribution >= 0.6 is 0 Å². The van der Waals surface area contributed by atoms with Crippen LogP contribution in [0, 0.1) is 5.92 Å². The van der Waals surface area contributed by atoms with Crippen molar-refractivity contribution in [3.63, 3.8) is 0 Å². The number of carbonyl (C=O) groups excluding carboxylic acids is 1. The number of amides is 1. The molecule has 23 heavy (non-hydrogen) atoms. The molecule has 1 amide bonds. The van der Waals surface area contributed by atoms with E-state index in [4.69, 9.17) is 0 Å². The van der Waals surface area contributed by atoms with Gasteiger partial charge in [-0.25, -0.2) is 4.99 Å². The van der Waals surface area contributed by atoms with E-state index in [0.29, 0.717) is 12.0 Å². The van der Waals surface area contributed by atoms with Crippen molar-refractivity contribution in [1.29, 1.82) is 0 Å². The van der Waals surface area contributed by atoms with Gasteiger partial charge in [-0.05, 0) is 12.3 Å². The lowest BCUT2D eigenvalue weighted by molar-refractivity contribution is -0.127. The number of aliphatic imine (C=N–C) groups is 1. The fraction of sp³-hybridized carbons (Fsp3) is 0.765. The first kappa shape index (κ1) is 17.8. The highest BCUT2D eigenvalue weighted by molar-refractivity contribution is 5.85. The number of likely N-dealkylation sites (N-methyl/N-ethyl adjacent to an activating group) is 1. The zero-order chi connectivity index (χ0) is 16.8. The molecule has 1 N–H and O–H groups in total. The topological polar surface area (TPSA) is 51.2 Å². The largest absolute Gasteiger partial charge is 0.356 e. The third kappa shape index (κ3) is 5.23. The summed E-state index contributed by atoms with van der Waals surface area (Å²) in [6.07, 6.45) is 5.64. The second-order valence-electron chi connectivity index (χ2n) is 7.02. The predicted octanol–water partition coefficient (Wildman–Crippen LogP) is 0.622. The highest BCUT2D eigenvalue weighted by atomic mass is 16.2. The lowest BCUT2D eigenvalue weighted by Crippen LogP contribution is -2.44. The van der Waals surface area contributed by atoms with Gasteiger partial charge >= 0.3 is 0 Å². The van der Waals surface area contributed by atoms with E-state index in [1.807, 2.05) is 0 Å². The molecule has 1 atom stereocenters. The first-order valence-electron chi connectivity index (χ1n) is 8.60. The summed E-state index contributed by atoms with van der Waals surface area (Å²) in [4.78, 5) is 22.8. The highest BCUT2D eigenvalue weighted by Gasteiger charge is 2.29. The van der Waals surface area contributed by atoms with Gasteiger partial charge in [-0.3, -0.25) is 9.69 Å². The molecule has 0 aromatic heterocycles. The molecule has 0 radical (unpaired) electrons. The van der Waals surface area contributed by atoms with Crippen molar-refractivity contribution in [1.82, 2.24) is 20.0 Å². The lowest BCUT2D eigenvalue weighted by Gasteiger charge is -2.26. The van der Waals surface area contributed by atoms with Gasteiger partial charge in [0.25, 0.3) is 0 Å². The molecule has 0 aromatic rings. The van der Waals surface area contributed by atoms with Crippen LogP contribution in [-0.4, -0.2) is 86.0 Å². The standard InChI is InChI=1S/C17H31N5O/c1-14(2)11-18-17(19-12-16(23)20(3)4)22-10-7-15(13-22)21-8-5-6-9-21/h5-6,14-15H,7-13H2,1-4H3,(H,18,19). The predicted molar refractivity (Wildman–Crippen MR) is 94.5 cm³/mol. The monoisotopic (exact) mass is 321 g/mol. The average molecular weight is 321 g/mol. The molecule has 2 aliphatic rings. The van der Waals surface area contributed by atoms with Crippen LogP contribution in [0.1, 0.15) is 20.3 Å². The van der Waals surface area contributed by atoms with E-state index in [0.717, 1.165) is 45.1 Å². The Morgan fingerprint density at radius 1 is 1.35 bits per heavy atom. The first-order valence-corrected chi connectivity index (χ1v) is 8.60. The third-order valence-corrected chi connectivity index (χ3v) is 4.36. The number of likely N-dealkylation sites (tertiary alicyclic amines) is 1. The van der Waals surface area contributed by atoms with Gasteiger partial charge in [0, 0.05) is 52.9 Å². The van der Waals surface area contributed by atoms with Crippen LogP contribution in [0.5, 0.6) is 0 Å². The lowest BCUT2D eigenvalue weighted by atomic mass is 10.2. The number of carbonyl (C=O) groups is 1. The van der Waals surface area contributed by atoms with Crippen LogP contribution in [0.15, 0.2) is 17.1 Å². The van der Waals surface area contributed by atoms with E-state index in [-0.39, 0.29) is 12.5 Å². The smallest absolute Gasteiger partial charge is 0.243 e. The van der Waals surface area contributed by atoms with E-state index >= 15 is 0 Å². The van der Waals surface area contributed by atoms with Gasteiger partial charge in [-0.2, -0.15) is 0 Å². The number of guanidine groups is 1. The van der Waals surface area contributed by atoms with Crippen molar-refractivity contribution in [2.75, 3.05) is 53.4 Å². The Hall–Kier alpha value is -1.56. The summed E-state index contributed by atoms with van der Waals surface area (Å²) < 4.78 is 0. The maximum atomic E-state index is 11.8. The molecular weight excluding hydrogens is 290 g/mol. The first-order chi connectivity index (χ1) is 11.0. The summed E-state index contributed by atoms with van der Waals surface area (Å²) in [5.74, 6) is 1.46. The summed E-state index contributed by atoms with van der Waals surface area (Å²) >= 11 is 0. The van der Waals surface area contributed by atoms with Gasteiger partial charge < -0.3 is 15.1 Å². The normalized spacial score (nSPS) is 22.2. The number of rotatable bonds is 5. The summed E-state index contributed by atoms with van der Waals surface area (Å²) in [5, 5.41) is 3.44. The fourth-order valence-electron chi connectivity index (χ4n) is 2.87. The molecular formula is C17H31N5O. The molecule has 1 unspecified atom stereocenters. The molecule has 2 aliphatic heterocycles. The molecule has 0 spiro atoms. The molecule has 1 fully saturated rings. The van der Waals surface area contributed by atoms with Crippen LogP contribution in [0.25, 0.3) is 0 Å². The van der Waals surface area contributed by atoms with E-state index in [1.165, 1.54) is 0 Å². The minimum atomic E-state index is 0.0355. The molecule has 2 heterocycles. The molecule has 0 bridgehead atoms. The van der Waals surface area contributed by atoms with Gasteiger partial charge in [-0.15, -0.1) is 0 Å². The summed E-state index contributed by atoms with van der Waals surface area (Å²) in [6, 6.07) is 0.584. The van der Waals surface area contributed by atoms with Crippen LogP contribution in [0.3, 0.4) is 0 Å². The molecule has 6 heteroatoms. The van der Waals surface area contributed by atoms with Gasteiger partial charge in [-0.1, -0.05) is 26.0 Å². The van der Waals surface area contributed by atoms with E-state index in [1.54, 1.807) is 19.0 Å². The Morgan fingerprint density at radius 2 is 2.04 bits per heavy atom. The van der Waals surface area contributed by atoms with Crippen LogP contribution < -0.4 is 5.32 Å². The van der Waals surface area contributed by atoms with Gasteiger partial charge in [0.1, 0.15) is 6.54 Å². The van der Waals surface area contributed by atoms with Crippen LogP contribution in [0.2, 0.25) is 0 Å². The second kappa shape index (κ2) is 8.34. The molecule has 6 nitrogen and oxygen atoms in total. The molecule has 0 aromatic carbocycles. The number of hydrogen-bond donors (Lipinski definition) is 1.